The molecule has 1 N–H and O–H groups in total. The van der Waals surface area contributed by atoms with E-state index in [0.717, 1.165) is 31.1 Å². The van der Waals surface area contributed by atoms with Crippen LogP contribution in [0.25, 0.3) is 0 Å². The summed E-state index contributed by atoms with van der Waals surface area (Å²) >= 11 is 11.0. The van der Waals surface area contributed by atoms with Crippen LogP contribution in [0.15, 0.2) is 28.1 Å². The molecular formula is C13H12BrClOS. The Balaban J connectivity index is 2.48. The summed E-state index contributed by atoms with van der Waals surface area (Å²) in [5.74, 6) is 0. The molecule has 1 heterocycles. The molecule has 0 spiro atoms. The van der Waals surface area contributed by atoms with Crippen molar-refractivity contribution in [3.63, 3.8) is 0 Å². The fourth-order valence-corrected chi connectivity index (χ4v) is 3.55. The van der Waals surface area contributed by atoms with Crippen LogP contribution in [0.1, 0.15) is 27.7 Å². The molecule has 17 heavy (non-hydrogen) atoms. The molecule has 90 valence electrons. The Morgan fingerprint density at radius 3 is 2.59 bits per heavy atom. The van der Waals surface area contributed by atoms with Crippen molar-refractivity contribution in [2.45, 2.75) is 20.0 Å². The van der Waals surface area contributed by atoms with Crippen molar-refractivity contribution in [3.05, 3.63) is 54.6 Å². The van der Waals surface area contributed by atoms with Crippen LogP contribution in [0.2, 0.25) is 5.02 Å². The van der Waals surface area contributed by atoms with Crippen LogP contribution >= 0.6 is 38.9 Å². The van der Waals surface area contributed by atoms with Gasteiger partial charge in [0.2, 0.25) is 0 Å². The Labute approximate surface area is 118 Å². The van der Waals surface area contributed by atoms with E-state index in [1.54, 1.807) is 11.3 Å². The van der Waals surface area contributed by atoms with Crippen LogP contribution in [-0.4, -0.2) is 5.11 Å². The van der Waals surface area contributed by atoms with Crippen molar-refractivity contribution in [2.24, 2.45) is 0 Å². The molecule has 4 heteroatoms. The average molecular weight is 332 g/mol. The summed E-state index contributed by atoms with van der Waals surface area (Å²) in [6, 6.07) is 5.80. The molecule has 1 unspecified atom stereocenters. The van der Waals surface area contributed by atoms with Gasteiger partial charge in [-0.2, -0.15) is 0 Å². The van der Waals surface area contributed by atoms with Crippen LogP contribution in [0.4, 0.5) is 0 Å². The zero-order valence-corrected chi connectivity index (χ0v) is 12.7. The van der Waals surface area contributed by atoms with Gasteiger partial charge in [0.1, 0.15) is 6.10 Å². The second-order valence-electron chi connectivity index (χ2n) is 3.99. The lowest BCUT2D eigenvalue weighted by Crippen LogP contribution is -2.01. The number of hydrogen-bond acceptors (Lipinski definition) is 2. The summed E-state index contributed by atoms with van der Waals surface area (Å²) in [5.41, 5.74) is 2.91. The summed E-state index contributed by atoms with van der Waals surface area (Å²) in [5, 5.41) is 13.1. The third-order valence-electron chi connectivity index (χ3n) is 2.73. The van der Waals surface area contributed by atoms with Gasteiger partial charge in [0.25, 0.3) is 0 Å². The molecule has 0 aliphatic rings. The van der Waals surface area contributed by atoms with E-state index in [1.807, 2.05) is 37.4 Å². The van der Waals surface area contributed by atoms with Crippen molar-refractivity contribution in [2.75, 3.05) is 0 Å². The van der Waals surface area contributed by atoms with E-state index < -0.39 is 6.10 Å². The van der Waals surface area contributed by atoms with Gasteiger partial charge in [0.15, 0.2) is 0 Å². The molecule has 1 atom stereocenters. The molecule has 0 radical (unpaired) electrons. The molecule has 1 nitrogen and oxygen atoms in total. The topological polar surface area (TPSA) is 20.2 Å². The quantitative estimate of drug-likeness (QED) is 0.833. The average Bonchev–Trinajstić information content (AvgIpc) is 2.69. The van der Waals surface area contributed by atoms with E-state index in [1.165, 1.54) is 0 Å². The lowest BCUT2D eigenvalue weighted by molar-refractivity contribution is 0.222. The Kier molecular flexibility index (Phi) is 3.93. The van der Waals surface area contributed by atoms with Crippen LogP contribution in [0, 0.1) is 13.8 Å². The van der Waals surface area contributed by atoms with Gasteiger partial charge in [-0.15, -0.1) is 11.3 Å². The van der Waals surface area contributed by atoms with E-state index in [9.17, 15) is 5.11 Å². The number of rotatable bonds is 2. The van der Waals surface area contributed by atoms with Crippen molar-refractivity contribution in [1.29, 1.82) is 0 Å². The SMILES string of the molecule is Cc1cc(C(O)c2sccc2Br)c(C)cc1Cl. The maximum atomic E-state index is 10.4. The summed E-state index contributed by atoms with van der Waals surface area (Å²) in [6.07, 6.45) is -0.597. The van der Waals surface area contributed by atoms with Crippen LogP contribution in [0.5, 0.6) is 0 Å². The molecule has 0 saturated heterocycles. The number of aliphatic hydroxyl groups excluding tert-OH is 1. The highest BCUT2D eigenvalue weighted by molar-refractivity contribution is 9.10. The smallest absolute Gasteiger partial charge is 0.115 e. The van der Waals surface area contributed by atoms with Gasteiger partial charge in [0.05, 0.1) is 4.88 Å². The number of aliphatic hydroxyl groups is 1. The molecule has 0 saturated carbocycles. The van der Waals surface area contributed by atoms with Crippen LogP contribution in [0.3, 0.4) is 0 Å². The van der Waals surface area contributed by atoms with Gasteiger partial charge in [-0.3, -0.25) is 0 Å². The molecule has 0 aliphatic heterocycles. The van der Waals surface area contributed by atoms with Crippen molar-refractivity contribution >= 4 is 38.9 Å². The first-order chi connectivity index (χ1) is 8.00. The normalized spacial score (nSPS) is 12.8. The first-order valence-electron chi connectivity index (χ1n) is 5.18. The minimum Gasteiger partial charge on any atom is -0.383 e. The zero-order chi connectivity index (χ0) is 12.6. The van der Waals surface area contributed by atoms with Gasteiger partial charge in [0, 0.05) is 9.50 Å². The third-order valence-corrected chi connectivity index (χ3v) is 5.07. The van der Waals surface area contributed by atoms with Crippen molar-refractivity contribution in [1.82, 2.24) is 0 Å². The number of hydrogen-bond donors (Lipinski definition) is 1. The summed E-state index contributed by atoms with van der Waals surface area (Å²) in [4.78, 5) is 0.926. The maximum absolute atomic E-state index is 10.4. The highest BCUT2D eigenvalue weighted by Crippen LogP contribution is 2.35. The Hall–Kier alpha value is -0.350. The van der Waals surface area contributed by atoms with E-state index in [4.69, 9.17) is 11.6 Å². The predicted octanol–water partition coefficient (Wildman–Crippen LogP) is 4.86. The monoisotopic (exact) mass is 330 g/mol. The summed E-state index contributed by atoms with van der Waals surface area (Å²) in [6.45, 7) is 3.91. The minimum atomic E-state index is -0.597. The van der Waals surface area contributed by atoms with E-state index >= 15 is 0 Å². The van der Waals surface area contributed by atoms with Gasteiger partial charge in [-0.25, -0.2) is 0 Å². The van der Waals surface area contributed by atoms with Gasteiger partial charge >= 0.3 is 0 Å². The zero-order valence-electron chi connectivity index (χ0n) is 9.50. The fourth-order valence-electron chi connectivity index (χ4n) is 1.74. The van der Waals surface area contributed by atoms with Gasteiger partial charge in [-0.05, 0) is 64.0 Å². The lowest BCUT2D eigenvalue weighted by atomic mass is 10.00. The minimum absolute atomic E-state index is 0.597. The molecule has 0 fully saturated rings. The Bertz CT molecular complexity index is 550. The standard InChI is InChI=1S/C13H12BrClOS/c1-7-6-11(15)8(2)5-9(7)12(16)13-10(14)3-4-17-13/h3-6,12,16H,1-2H3. The van der Waals surface area contributed by atoms with Gasteiger partial charge < -0.3 is 5.11 Å². The predicted molar refractivity (Wildman–Crippen MR) is 77.0 cm³/mol. The van der Waals surface area contributed by atoms with E-state index in [0.29, 0.717) is 0 Å². The van der Waals surface area contributed by atoms with Gasteiger partial charge in [-0.1, -0.05) is 17.7 Å². The Morgan fingerprint density at radius 2 is 2.00 bits per heavy atom. The first kappa shape index (κ1) is 13.1. The molecule has 1 aromatic heterocycles. The lowest BCUT2D eigenvalue weighted by Gasteiger charge is -2.14. The van der Waals surface area contributed by atoms with E-state index in [2.05, 4.69) is 15.9 Å². The number of aryl methyl sites for hydroxylation is 2. The number of benzene rings is 1. The van der Waals surface area contributed by atoms with E-state index in [-0.39, 0.29) is 0 Å². The summed E-state index contributed by atoms with van der Waals surface area (Å²) in [7, 11) is 0. The highest BCUT2D eigenvalue weighted by Gasteiger charge is 2.17. The maximum Gasteiger partial charge on any atom is 0.115 e. The number of halogens is 2. The van der Waals surface area contributed by atoms with Crippen LogP contribution < -0.4 is 0 Å². The first-order valence-corrected chi connectivity index (χ1v) is 7.23. The van der Waals surface area contributed by atoms with Crippen LogP contribution in [-0.2, 0) is 0 Å². The number of thiophene rings is 1. The molecule has 0 aliphatic carbocycles. The molecule has 2 rings (SSSR count). The second kappa shape index (κ2) is 5.11. The molecule has 2 aromatic rings. The molecule has 0 bridgehead atoms. The molecular weight excluding hydrogens is 320 g/mol. The second-order valence-corrected chi connectivity index (χ2v) is 6.20. The van der Waals surface area contributed by atoms with Crippen molar-refractivity contribution in [3.8, 4) is 0 Å². The fraction of sp³-hybridized carbons (Fsp3) is 0.231. The Morgan fingerprint density at radius 1 is 1.29 bits per heavy atom. The largest absolute Gasteiger partial charge is 0.383 e. The molecule has 1 aromatic carbocycles. The third kappa shape index (κ3) is 2.58. The summed E-state index contributed by atoms with van der Waals surface area (Å²) < 4.78 is 0.946. The molecule has 0 amide bonds. The highest BCUT2D eigenvalue weighted by atomic mass is 79.9. The van der Waals surface area contributed by atoms with Crippen molar-refractivity contribution < 1.29 is 5.11 Å².